The van der Waals surface area contributed by atoms with E-state index in [1.807, 2.05) is 25.1 Å². The van der Waals surface area contributed by atoms with Crippen molar-refractivity contribution < 1.29 is 32.6 Å². The fourth-order valence-electron chi connectivity index (χ4n) is 3.61. The molecular formula is C17H24N2O8P2. The van der Waals surface area contributed by atoms with Gasteiger partial charge < -0.3 is 19.7 Å². The number of rotatable bonds is 8. The van der Waals surface area contributed by atoms with E-state index in [4.69, 9.17) is 14.3 Å². The molecule has 1 fully saturated rings. The smallest absolute Gasteiger partial charge is 0.326 e. The molecule has 0 spiro atoms. The van der Waals surface area contributed by atoms with Gasteiger partial charge >= 0.3 is 15.6 Å². The molecule has 0 saturated carbocycles. The van der Waals surface area contributed by atoms with Crippen molar-refractivity contribution in [3.05, 3.63) is 45.9 Å². The van der Waals surface area contributed by atoms with Crippen LogP contribution in [0.25, 0.3) is 10.8 Å². The summed E-state index contributed by atoms with van der Waals surface area (Å²) in [7, 11) is -9.98. The number of aromatic nitrogens is 1. The van der Waals surface area contributed by atoms with Crippen molar-refractivity contribution in [3.8, 4) is 0 Å². The van der Waals surface area contributed by atoms with Crippen molar-refractivity contribution in [1.29, 1.82) is 0 Å². The number of H-pyrrole nitrogens is 1. The third kappa shape index (κ3) is 6.07. The number of phosphoric acid groups is 2. The van der Waals surface area contributed by atoms with E-state index in [9.17, 15) is 18.8 Å². The maximum atomic E-state index is 12.3. The first-order chi connectivity index (χ1) is 13.5. The van der Waals surface area contributed by atoms with Gasteiger partial charge in [-0.1, -0.05) is 12.1 Å². The number of phosphoric ester groups is 1. The van der Waals surface area contributed by atoms with E-state index in [1.54, 1.807) is 6.07 Å². The number of hydrogen-bond acceptors (Lipinski definition) is 6. The quantitative estimate of drug-likeness (QED) is 0.447. The first-order valence-electron chi connectivity index (χ1n) is 9.14. The van der Waals surface area contributed by atoms with Crippen LogP contribution < -0.4 is 5.56 Å². The summed E-state index contributed by atoms with van der Waals surface area (Å²) in [6.45, 7) is 3.10. The molecule has 10 nitrogen and oxygen atoms in total. The molecule has 29 heavy (non-hydrogen) atoms. The number of nitrogens with zero attached hydrogens (tertiary/aromatic N) is 1. The molecule has 1 aromatic heterocycles. The summed E-state index contributed by atoms with van der Waals surface area (Å²) in [5.41, 5.74) is 1.67. The highest BCUT2D eigenvalue weighted by molar-refractivity contribution is 7.60. The summed E-state index contributed by atoms with van der Waals surface area (Å²) in [6, 6.07) is 7.35. The number of benzene rings is 1. The van der Waals surface area contributed by atoms with Crippen molar-refractivity contribution >= 4 is 26.4 Å². The second-order valence-electron chi connectivity index (χ2n) is 7.08. The molecule has 1 unspecified atom stereocenters. The summed E-state index contributed by atoms with van der Waals surface area (Å²) in [4.78, 5) is 44.0. The number of pyridine rings is 1. The van der Waals surface area contributed by atoms with Crippen molar-refractivity contribution in [2.45, 2.75) is 32.2 Å². The normalized spacial score (nSPS) is 20.2. The van der Waals surface area contributed by atoms with E-state index >= 15 is 0 Å². The van der Waals surface area contributed by atoms with Crippen LogP contribution in [0.1, 0.15) is 24.1 Å². The van der Waals surface area contributed by atoms with Crippen molar-refractivity contribution in [1.82, 2.24) is 9.88 Å². The molecule has 3 rings (SSSR count). The van der Waals surface area contributed by atoms with Gasteiger partial charge in [0.2, 0.25) is 0 Å². The van der Waals surface area contributed by atoms with Gasteiger partial charge in [0.15, 0.2) is 0 Å². The van der Waals surface area contributed by atoms with E-state index in [1.165, 1.54) is 0 Å². The van der Waals surface area contributed by atoms with Crippen LogP contribution in [0.3, 0.4) is 0 Å². The van der Waals surface area contributed by atoms with Gasteiger partial charge in [-0.15, -0.1) is 0 Å². The molecule has 12 heteroatoms. The minimum Gasteiger partial charge on any atom is -0.326 e. The Balaban J connectivity index is 1.62. The number of aromatic amines is 1. The van der Waals surface area contributed by atoms with Crippen molar-refractivity contribution in [2.24, 2.45) is 0 Å². The lowest BCUT2D eigenvalue weighted by molar-refractivity contribution is 0.130. The predicted molar refractivity (Wildman–Crippen MR) is 107 cm³/mol. The average Bonchev–Trinajstić information content (AvgIpc) is 3.05. The zero-order valence-electron chi connectivity index (χ0n) is 15.9. The number of aryl methyl sites for hydroxylation is 1. The minimum absolute atomic E-state index is 0.140. The van der Waals surface area contributed by atoms with Gasteiger partial charge in [-0.3, -0.25) is 14.2 Å². The fourth-order valence-corrected chi connectivity index (χ4v) is 5.23. The standard InChI is InChI=1S/C17H24N2O8P2/c1-12-4-2-6-15-16(12)10-13(18-17(15)20)7-9-19-8-3-5-14(19)11-26-29(24,25)27-28(21,22)23/h2,4,6,10,14H,3,5,7-9,11H2,1H3,(H,18,20)(H,24,25)(H2,21,22,23)/t14-/m1/s1. The highest BCUT2D eigenvalue weighted by Crippen LogP contribution is 2.57. The Labute approximate surface area is 167 Å². The number of fused-ring (bicyclic) bond motifs is 1. The van der Waals surface area contributed by atoms with Crippen LogP contribution in [0.15, 0.2) is 29.1 Å². The highest BCUT2D eigenvalue weighted by Gasteiger charge is 2.34. The summed E-state index contributed by atoms with van der Waals surface area (Å²) < 4.78 is 30.9. The van der Waals surface area contributed by atoms with Crippen LogP contribution in [-0.4, -0.2) is 50.3 Å². The van der Waals surface area contributed by atoms with E-state index in [-0.39, 0.29) is 18.2 Å². The molecular weight excluding hydrogens is 422 g/mol. The molecule has 1 aliphatic heterocycles. The number of likely N-dealkylation sites (tertiary alicyclic amines) is 1. The third-order valence-corrected chi connectivity index (χ3v) is 7.12. The SMILES string of the molecule is Cc1cccc2c(=O)[nH]c(CCN3CCC[C@@H]3COP(=O)(O)OP(=O)(O)O)cc12. The molecule has 0 bridgehead atoms. The first-order valence-corrected chi connectivity index (χ1v) is 12.2. The number of hydrogen-bond donors (Lipinski definition) is 4. The second kappa shape index (κ2) is 8.79. The Morgan fingerprint density at radius 2 is 2.00 bits per heavy atom. The number of nitrogens with one attached hydrogen (secondary N) is 1. The second-order valence-corrected chi connectivity index (χ2v) is 9.91. The van der Waals surface area contributed by atoms with Gasteiger partial charge in [-0.05, 0) is 49.4 Å². The lowest BCUT2D eigenvalue weighted by atomic mass is 10.1. The highest BCUT2D eigenvalue weighted by atomic mass is 31.3. The van der Waals surface area contributed by atoms with Crippen LogP contribution in [0.2, 0.25) is 0 Å². The Kier molecular flexibility index (Phi) is 6.77. The molecule has 4 N–H and O–H groups in total. The minimum atomic E-state index is -5.13. The summed E-state index contributed by atoms with van der Waals surface area (Å²) in [5.74, 6) is 0. The van der Waals surface area contributed by atoms with Gasteiger partial charge in [-0.25, -0.2) is 9.13 Å². The molecule has 0 amide bonds. The topological polar surface area (TPSA) is 149 Å². The Hall–Kier alpha value is -1.35. The molecule has 1 aromatic carbocycles. The maximum Gasteiger partial charge on any atom is 0.481 e. The zero-order valence-corrected chi connectivity index (χ0v) is 17.6. The van der Waals surface area contributed by atoms with E-state index in [0.29, 0.717) is 24.8 Å². The van der Waals surface area contributed by atoms with Gasteiger partial charge in [-0.2, -0.15) is 4.31 Å². The lowest BCUT2D eigenvalue weighted by Gasteiger charge is -2.25. The third-order valence-electron chi connectivity index (χ3n) is 4.97. The van der Waals surface area contributed by atoms with Crippen molar-refractivity contribution in [2.75, 3.05) is 19.7 Å². The van der Waals surface area contributed by atoms with Gasteiger partial charge in [0.1, 0.15) is 0 Å². The van der Waals surface area contributed by atoms with Crippen LogP contribution in [-0.2, 0) is 24.4 Å². The molecule has 2 aromatic rings. The Bertz CT molecular complexity index is 1030. The summed E-state index contributed by atoms with van der Waals surface area (Å²) in [6.07, 6.45) is 2.14. The Morgan fingerprint density at radius 3 is 2.72 bits per heavy atom. The van der Waals surface area contributed by atoms with E-state index < -0.39 is 15.6 Å². The van der Waals surface area contributed by atoms with Gasteiger partial charge in [0, 0.05) is 30.1 Å². The summed E-state index contributed by atoms with van der Waals surface area (Å²) >= 11 is 0. The predicted octanol–water partition coefficient (Wildman–Crippen LogP) is 2.07. The fraction of sp³-hybridized carbons (Fsp3) is 0.471. The van der Waals surface area contributed by atoms with E-state index in [2.05, 4.69) is 14.2 Å². The van der Waals surface area contributed by atoms with Crippen LogP contribution in [0, 0.1) is 6.92 Å². The summed E-state index contributed by atoms with van der Waals surface area (Å²) in [5, 5.41) is 1.55. The van der Waals surface area contributed by atoms with Crippen molar-refractivity contribution in [3.63, 3.8) is 0 Å². The molecule has 2 atom stereocenters. The first kappa shape index (κ1) is 22.3. The maximum absolute atomic E-state index is 12.3. The monoisotopic (exact) mass is 446 g/mol. The van der Waals surface area contributed by atoms with Gasteiger partial charge in [0.25, 0.3) is 5.56 Å². The molecule has 160 valence electrons. The molecule has 0 aliphatic carbocycles. The van der Waals surface area contributed by atoms with Crippen LogP contribution >= 0.6 is 15.6 Å². The molecule has 1 aliphatic rings. The average molecular weight is 446 g/mol. The largest absolute Gasteiger partial charge is 0.481 e. The molecule has 0 radical (unpaired) electrons. The Morgan fingerprint density at radius 1 is 1.24 bits per heavy atom. The van der Waals surface area contributed by atoms with Crippen LogP contribution in [0.5, 0.6) is 0 Å². The molecule has 1 saturated heterocycles. The lowest BCUT2D eigenvalue weighted by Crippen LogP contribution is -2.34. The van der Waals surface area contributed by atoms with Gasteiger partial charge in [0.05, 0.1) is 6.61 Å². The molecule has 2 heterocycles. The zero-order chi connectivity index (χ0) is 21.2. The van der Waals surface area contributed by atoms with Crippen LogP contribution in [0.4, 0.5) is 0 Å². The van der Waals surface area contributed by atoms with E-state index in [0.717, 1.165) is 29.6 Å².